The Morgan fingerprint density at radius 1 is 1.24 bits per heavy atom. The predicted octanol–water partition coefficient (Wildman–Crippen LogP) is 3.92. The van der Waals surface area contributed by atoms with Crippen molar-refractivity contribution >= 4 is 12.3 Å². The van der Waals surface area contributed by atoms with Gasteiger partial charge >= 0.3 is 5.97 Å². The van der Waals surface area contributed by atoms with E-state index in [0.29, 0.717) is 17.8 Å². The first-order valence-corrected chi connectivity index (χ1v) is 12.3. The van der Waals surface area contributed by atoms with Crippen molar-refractivity contribution in [3.63, 3.8) is 0 Å². The number of cyclic esters (lactones) is 1. The molecule has 2 aliphatic rings. The van der Waals surface area contributed by atoms with Crippen molar-refractivity contribution in [3.05, 3.63) is 11.3 Å². The molecule has 1 fully saturated rings. The zero-order chi connectivity index (χ0) is 26.0. The maximum absolute atomic E-state index is 12.6. The van der Waals surface area contributed by atoms with Gasteiger partial charge in [-0.25, -0.2) is 4.79 Å². The van der Waals surface area contributed by atoms with Gasteiger partial charge in [-0.15, -0.1) is 0 Å². The molecule has 0 aromatic rings. The second-order valence-corrected chi connectivity index (χ2v) is 11.0. The Morgan fingerprint density at radius 3 is 2.38 bits per heavy atom. The van der Waals surface area contributed by atoms with Gasteiger partial charge in [-0.2, -0.15) is 0 Å². The summed E-state index contributed by atoms with van der Waals surface area (Å²) in [6.07, 6.45) is 1.24. The quantitative estimate of drug-likeness (QED) is 0.342. The van der Waals surface area contributed by atoms with Crippen molar-refractivity contribution in [2.24, 2.45) is 17.8 Å². The zero-order valence-corrected chi connectivity index (χ0v) is 22.8. The maximum atomic E-state index is 12.6. The van der Waals surface area contributed by atoms with Crippen LogP contribution in [0.15, 0.2) is 11.3 Å². The molecular weight excluding hydrogens is 438 g/mol. The fourth-order valence-corrected chi connectivity index (χ4v) is 5.25. The molecule has 0 bridgehead atoms. The molecule has 3 unspecified atom stereocenters. The second kappa shape index (κ2) is 11.1. The minimum absolute atomic E-state index is 0.0213. The third-order valence-electron chi connectivity index (χ3n) is 7.19. The van der Waals surface area contributed by atoms with Gasteiger partial charge in [-0.3, -0.25) is 0 Å². The number of esters is 1. The Labute approximate surface area is 205 Å². The molecule has 8 atom stereocenters. The summed E-state index contributed by atoms with van der Waals surface area (Å²) in [5.74, 6) is -1.53. The van der Waals surface area contributed by atoms with Crippen molar-refractivity contribution in [1.82, 2.24) is 4.90 Å². The summed E-state index contributed by atoms with van der Waals surface area (Å²) in [4.78, 5) is 26.3. The molecule has 0 amide bonds. The minimum Gasteiger partial charge on any atom is -0.456 e. The summed E-state index contributed by atoms with van der Waals surface area (Å²) in [7, 11) is 5.76. The molecule has 0 N–H and O–H groups in total. The Kier molecular flexibility index (Phi) is 9.35. The van der Waals surface area contributed by atoms with Crippen LogP contribution in [0.25, 0.3) is 0 Å². The summed E-state index contributed by atoms with van der Waals surface area (Å²) < 4.78 is 30.6. The van der Waals surface area contributed by atoms with Crippen LogP contribution in [-0.2, 0) is 33.3 Å². The Morgan fingerprint density at radius 2 is 1.85 bits per heavy atom. The summed E-state index contributed by atoms with van der Waals surface area (Å²) >= 11 is 0. The van der Waals surface area contributed by atoms with Crippen molar-refractivity contribution in [3.8, 4) is 0 Å². The highest BCUT2D eigenvalue weighted by molar-refractivity contribution is 5.89. The molecule has 0 saturated carbocycles. The minimum atomic E-state index is -1.09. The van der Waals surface area contributed by atoms with Crippen LogP contribution in [0.4, 0.5) is 0 Å². The molecule has 2 aliphatic heterocycles. The molecular formula is C26H45NO7. The van der Waals surface area contributed by atoms with Gasteiger partial charge in [0.05, 0.1) is 23.4 Å². The summed E-state index contributed by atoms with van der Waals surface area (Å²) in [5, 5.41) is 0. The van der Waals surface area contributed by atoms with Crippen LogP contribution in [0.5, 0.6) is 0 Å². The molecule has 0 aliphatic carbocycles. The lowest BCUT2D eigenvalue weighted by Crippen LogP contribution is -2.56. The Balaban J connectivity index is 2.50. The SMILES string of the molecule is CO[C@](C)(C[C@@H](C)C=O)[C@H](O[C@@H]1OC(C)CC(N(C)C)C1C)[C@@H](C)C1=C(C)C(=O)OC(C)(C)O1. The molecule has 34 heavy (non-hydrogen) atoms. The highest BCUT2D eigenvalue weighted by atomic mass is 16.7. The van der Waals surface area contributed by atoms with Crippen LogP contribution in [-0.4, -0.2) is 74.3 Å². The highest BCUT2D eigenvalue weighted by Gasteiger charge is 2.48. The van der Waals surface area contributed by atoms with Gasteiger partial charge in [0.15, 0.2) is 6.29 Å². The number of carbonyl (C=O) groups excluding carboxylic acids is 2. The average molecular weight is 484 g/mol. The van der Waals surface area contributed by atoms with Gasteiger partial charge in [-0.1, -0.05) is 20.8 Å². The summed E-state index contributed by atoms with van der Waals surface area (Å²) in [6, 6.07) is 0.285. The number of ether oxygens (including phenoxy) is 5. The van der Waals surface area contributed by atoms with E-state index in [1.54, 1.807) is 27.9 Å². The number of methoxy groups -OCH3 is 1. The van der Waals surface area contributed by atoms with Crippen LogP contribution in [0.1, 0.15) is 68.2 Å². The second-order valence-electron chi connectivity index (χ2n) is 11.0. The first kappa shape index (κ1) is 28.8. The zero-order valence-electron chi connectivity index (χ0n) is 22.8. The van der Waals surface area contributed by atoms with Crippen LogP contribution >= 0.6 is 0 Å². The number of hydrogen-bond acceptors (Lipinski definition) is 8. The van der Waals surface area contributed by atoms with E-state index < -0.39 is 29.8 Å². The molecule has 2 heterocycles. The average Bonchev–Trinajstić information content (AvgIpc) is 2.75. The van der Waals surface area contributed by atoms with Gasteiger partial charge in [0.25, 0.3) is 0 Å². The van der Waals surface area contributed by atoms with Gasteiger partial charge in [-0.05, 0) is 47.7 Å². The molecule has 8 heteroatoms. The predicted molar refractivity (Wildman–Crippen MR) is 129 cm³/mol. The smallest absolute Gasteiger partial charge is 0.340 e. The number of nitrogens with zero attached hydrogens (tertiary/aromatic N) is 1. The first-order valence-electron chi connectivity index (χ1n) is 12.3. The molecule has 196 valence electrons. The highest BCUT2D eigenvalue weighted by Crippen LogP contribution is 2.41. The Bertz CT molecular complexity index is 764. The Hall–Kier alpha value is -1.48. The lowest BCUT2D eigenvalue weighted by molar-refractivity contribution is -0.284. The lowest BCUT2D eigenvalue weighted by Gasteiger charge is -2.48. The van der Waals surface area contributed by atoms with Crippen molar-refractivity contribution in [2.45, 2.75) is 104 Å². The summed E-state index contributed by atoms with van der Waals surface area (Å²) in [5.41, 5.74) is -0.446. The number of hydrogen-bond donors (Lipinski definition) is 0. The van der Waals surface area contributed by atoms with Gasteiger partial charge in [0.1, 0.15) is 12.0 Å². The number of carbonyl (C=O) groups is 2. The van der Waals surface area contributed by atoms with Crippen molar-refractivity contribution in [1.29, 1.82) is 0 Å². The molecule has 1 saturated heterocycles. The molecule has 8 nitrogen and oxygen atoms in total. The van der Waals surface area contributed by atoms with E-state index in [1.165, 1.54) is 0 Å². The topological polar surface area (TPSA) is 83.5 Å². The fourth-order valence-electron chi connectivity index (χ4n) is 5.25. The third kappa shape index (κ3) is 6.39. The van der Waals surface area contributed by atoms with E-state index in [2.05, 4.69) is 32.8 Å². The van der Waals surface area contributed by atoms with Gasteiger partial charge < -0.3 is 33.4 Å². The largest absolute Gasteiger partial charge is 0.456 e. The van der Waals surface area contributed by atoms with Crippen LogP contribution in [0, 0.1) is 17.8 Å². The fraction of sp³-hybridized carbons (Fsp3) is 0.846. The number of aldehydes is 1. The van der Waals surface area contributed by atoms with Gasteiger partial charge in [0.2, 0.25) is 5.79 Å². The van der Waals surface area contributed by atoms with E-state index in [1.807, 2.05) is 20.8 Å². The molecule has 0 aromatic heterocycles. The van der Waals surface area contributed by atoms with Crippen LogP contribution in [0.2, 0.25) is 0 Å². The molecule has 0 radical (unpaired) electrons. The van der Waals surface area contributed by atoms with Crippen molar-refractivity contribution in [2.75, 3.05) is 21.2 Å². The monoisotopic (exact) mass is 483 g/mol. The van der Waals surface area contributed by atoms with E-state index in [0.717, 1.165) is 12.7 Å². The standard InChI is InChI=1S/C26H45NO7/c1-15(14-28)13-26(8,30-11)22(18(4)21-19(5)23(29)34-25(6,7)33-21)32-24-17(3)20(27(9)10)12-16(2)31-24/h14-18,20,22,24H,12-13H2,1-11H3/t15-,16?,17?,18+,20?,22-,24+,26-/m1/s1. The first-order chi connectivity index (χ1) is 15.7. The molecule has 2 rings (SSSR count). The van der Waals surface area contributed by atoms with Crippen LogP contribution in [0.3, 0.4) is 0 Å². The molecule has 0 spiro atoms. The van der Waals surface area contributed by atoms with E-state index >= 15 is 0 Å². The molecule has 0 aromatic carbocycles. The lowest BCUT2D eigenvalue weighted by atomic mass is 9.80. The van der Waals surface area contributed by atoms with E-state index in [9.17, 15) is 9.59 Å². The third-order valence-corrected chi connectivity index (χ3v) is 7.19. The normalized spacial score (nSPS) is 31.8. The van der Waals surface area contributed by atoms with E-state index in [-0.39, 0.29) is 29.9 Å². The van der Waals surface area contributed by atoms with Gasteiger partial charge in [0, 0.05) is 44.8 Å². The number of rotatable bonds is 10. The van der Waals surface area contributed by atoms with Crippen LogP contribution < -0.4 is 0 Å². The van der Waals surface area contributed by atoms with E-state index in [4.69, 9.17) is 23.7 Å². The summed E-state index contributed by atoms with van der Waals surface area (Å²) in [6.45, 7) is 15.1. The van der Waals surface area contributed by atoms with Crippen molar-refractivity contribution < 1.29 is 33.3 Å². The maximum Gasteiger partial charge on any atom is 0.340 e.